The summed E-state index contributed by atoms with van der Waals surface area (Å²) in [7, 11) is 1.68. The van der Waals surface area contributed by atoms with Crippen molar-refractivity contribution in [3.05, 3.63) is 0 Å². The van der Waals surface area contributed by atoms with Gasteiger partial charge in [0, 0.05) is 5.92 Å². The van der Waals surface area contributed by atoms with Crippen molar-refractivity contribution in [2.24, 2.45) is 5.92 Å². The third-order valence-corrected chi connectivity index (χ3v) is 1.67. The molecular formula is C8H17NO2. The van der Waals surface area contributed by atoms with Crippen molar-refractivity contribution in [1.29, 1.82) is 0 Å². The van der Waals surface area contributed by atoms with Gasteiger partial charge in [-0.25, -0.2) is 0 Å². The van der Waals surface area contributed by atoms with Crippen LogP contribution in [0.25, 0.3) is 0 Å². The van der Waals surface area contributed by atoms with Crippen molar-refractivity contribution in [2.75, 3.05) is 7.05 Å². The van der Waals surface area contributed by atoms with Crippen LogP contribution in [0.4, 0.5) is 0 Å². The molecule has 3 heteroatoms. The molecule has 2 atom stereocenters. The first-order valence-corrected chi connectivity index (χ1v) is 3.89. The Morgan fingerprint density at radius 1 is 1.36 bits per heavy atom. The summed E-state index contributed by atoms with van der Waals surface area (Å²) in [6.07, 6.45) is -0.616. The van der Waals surface area contributed by atoms with Crippen LogP contribution in [0.3, 0.4) is 0 Å². The van der Waals surface area contributed by atoms with Crippen molar-refractivity contribution in [1.82, 2.24) is 5.32 Å². The van der Waals surface area contributed by atoms with Crippen LogP contribution >= 0.6 is 0 Å². The maximum atomic E-state index is 11.3. The fraction of sp³-hybridized carbons (Fsp3) is 0.875. The van der Waals surface area contributed by atoms with Gasteiger partial charge in [-0.15, -0.1) is 0 Å². The lowest BCUT2D eigenvalue weighted by atomic mass is 9.98. The molecule has 11 heavy (non-hydrogen) atoms. The Morgan fingerprint density at radius 2 is 1.82 bits per heavy atom. The zero-order valence-corrected chi connectivity index (χ0v) is 7.59. The zero-order valence-electron chi connectivity index (χ0n) is 7.59. The molecule has 0 amide bonds. The first-order valence-electron chi connectivity index (χ1n) is 3.89. The van der Waals surface area contributed by atoms with Crippen LogP contribution < -0.4 is 5.32 Å². The number of carbonyl (C=O) groups is 1. The molecule has 3 nitrogen and oxygen atoms in total. The van der Waals surface area contributed by atoms with Crippen molar-refractivity contribution in [3.63, 3.8) is 0 Å². The van der Waals surface area contributed by atoms with E-state index in [1.807, 2.05) is 13.8 Å². The lowest BCUT2D eigenvalue weighted by Gasteiger charge is -2.19. The Kier molecular flexibility index (Phi) is 4.30. The van der Waals surface area contributed by atoms with Crippen LogP contribution in [0.1, 0.15) is 20.8 Å². The summed E-state index contributed by atoms with van der Waals surface area (Å²) in [6, 6.07) is -0.421. The lowest BCUT2D eigenvalue weighted by Crippen LogP contribution is -2.44. The van der Waals surface area contributed by atoms with Crippen LogP contribution in [0.2, 0.25) is 0 Å². The second-order valence-corrected chi connectivity index (χ2v) is 3.06. The number of Topliss-reactive ketones (excluding diaryl/α,β-unsaturated/α-hetero) is 1. The Morgan fingerprint density at radius 3 is 1.91 bits per heavy atom. The molecule has 0 aromatic rings. The predicted octanol–water partition coefficient (Wildman–Crippen LogP) is 0.180. The second-order valence-electron chi connectivity index (χ2n) is 3.06. The molecule has 0 saturated heterocycles. The number of ketones is 1. The summed E-state index contributed by atoms with van der Waals surface area (Å²) in [6.45, 7) is 5.27. The number of hydrogen-bond acceptors (Lipinski definition) is 3. The molecule has 0 radical (unpaired) electrons. The average Bonchev–Trinajstić information content (AvgIpc) is 1.88. The van der Waals surface area contributed by atoms with E-state index in [1.54, 1.807) is 14.0 Å². The molecular weight excluding hydrogens is 142 g/mol. The summed E-state index contributed by atoms with van der Waals surface area (Å²) in [4.78, 5) is 11.3. The van der Waals surface area contributed by atoms with Crippen LogP contribution in [-0.4, -0.2) is 30.1 Å². The van der Waals surface area contributed by atoms with Crippen LogP contribution in [0, 0.1) is 5.92 Å². The van der Waals surface area contributed by atoms with E-state index in [-0.39, 0.29) is 11.7 Å². The number of rotatable bonds is 4. The highest BCUT2D eigenvalue weighted by Crippen LogP contribution is 2.02. The number of aliphatic hydroxyl groups excluding tert-OH is 1. The standard InChI is InChI=1S/C8H17NO2/c1-5(2)8(11)7(9-4)6(3)10/h5-7,9-10H,1-4H3/t6?,7-/m0/s1. The normalized spacial score (nSPS) is 16.5. The van der Waals surface area contributed by atoms with Crippen molar-refractivity contribution < 1.29 is 9.90 Å². The highest BCUT2D eigenvalue weighted by Gasteiger charge is 2.23. The van der Waals surface area contributed by atoms with Gasteiger partial charge in [0.25, 0.3) is 0 Å². The fourth-order valence-corrected chi connectivity index (χ4v) is 0.980. The highest BCUT2D eigenvalue weighted by atomic mass is 16.3. The van der Waals surface area contributed by atoms with Crippen molar-refractivity contribution in [3.8, 4) is 0 Å². The molecule has 0 heterocycles. The molecule has 0 aromatic heterocycles. The molecule has 2 N–H and O–H groups in total. The van der Waals surface area contributed by atoms with Crippen molar-refractivity contribution >= 4 is 5.78 Å². The van der Waals surface area contributed by atoms with Crippen LogP contribution in [-0.2, 0) is 4.79 Å². The second kappa shape index (κ2) is 4.46. The van der Waals surface area contributed by atoms with Gasteiger partial charge in [0.1, 0.15) is 0 Å². The van der Waals surface area contributed by atoms with Gasteiger partial charge in [-0.05, 0) is 14.0 Å². The molecule has 0 aromatic carbocycles. The van der Waals surface area contributed by atoms with Gasteiger partial charge in [-0.1, -0.05) is 13.8 Å². The first kappa shape index (κ1) is 10.6. The van der Waals surface area contributed by atoms with Gasteiger partial charge >= 0.3 is 0 Å². The summed E-state index contributed by atoms with van der Waals surface area (Å²) in [5.41, 5.74) is 0. The minimum absolute atomic E-state index is 0.0259. The van der Waals surface area contributed by atoms with E-state index in [2.05, 4.69) is 5.32 Å². The van der Waals surface area contributed by atoms with Gasteiger partial charge < -0.3 is 10.4 Å². The monoisotopic (exact) mass is 159 g/mol. The summed E-state index contributed by atoms with van der Waals surface area (Å²) in [5, 5.41) is 11.9. The molecule has 0 fully saturated rings. The number of likely N-dealkylation sites (N-methyl/N-ethyl adjacent to an activating group) is 1. The number of nitrogens with one attached hydrogen (secondary N) is 1. The maximum absolute atomic E-state index is 11.3. The van der Waals surface area contributed by atoms with Crippen molar-refractivity contribution in [2.45, 2.75) is 32.9 Å². The molecule has 0 saturated carbocycles. The van der Waals surface area contributed by atoms with Gasteiger partial charge in [0.05, 0.1) is 12.1 Å². The van der Waals surface area contributed by atoms with E-state index in [0.717, 1.165) is 0 Å². The molecule has 0 spiro atoms. The van der Waals surface area contributed by atoms with Crippen LogP contribution in [0.5, 0.6) is 0 Å². The molecule has 0 aliphatic carbocycles. The Hall–Kier alpha value is -0.410. The topological polar surface area (TPSA) is 49.3 Å². The lowest BCUT2D eigenvalue weighted by molar-refractivity contribution is -0.126. The summed E-state index contributed by atoms with van der Waals surface area (Å²) < 4.78 is 0. The van der Waals surface area contributed by atoms with E-state index in [9.17, 15) is 4.79 Å². The molecule has 66 valence electrons. The largest absolute Gasteiger partial charge is 0.391 e. The molecule has 0 aliphatic rings. The third kappa shape index (κ3) is 2.99. The number of carbonyl (C=O) groups excluding carboxylic acids is 1. The zero-order chi connectivity index (χ0) is 9.02. The third-order valence-electron chi connectivity index (χ3n) is 1.67. The van der Waals surface area contributed by atoms with E-state index in [1.165, 1.54) is 0 Å². The van der Waals surface area contributed by atoms with Gasteiger partial charge in [-0.2, -0.15) is 0 Å². The minimum atomic E-state index is -0.616. The average molecular weight is 159 g/mol. The predicted molar refractivity (Wildman–Crippen MR) is 44.4 cm³/mol. The van der Waals surface area contributed by atoms with E-state index in [0.29, 0.717) is 0 Å². The van der Waals surface area contributed by atoms with Gasteiger partial charge in [-0.3, -0.25) is 4.79 Å². The Balaban J connectivity index is 4.15. The minimum Gasteiger partial charge on any atom is -0.391 e. The molecule has 0 rings (SSSR count). The quantitative estimate of drug-likeness (QED) is 0.615. The summed E-state index contributed by atoms with van der Waals surface area (Å²) in [5.74, 6) is 0.0320. The van der Waals surface area contributed by atoms with Gasteiger partial charge in [0.15, 0.2) is 5.78 Å². The fourth-order valence-electron chi connectivity index (χ4n) is 0.980. The molecule has 0 aliphatic heterocycles. The number of aliphatic hydroxyl groups is 1. The SMILES string of the molecule is CN[C@H](C(=O)C(C)C)C(C)O. The highest BCUT2D eigenvalue weighted by molar-refractivity contribution is 5.86. The Bertz CT molecular complexity index is 132. The molecule has 1 unspecified atom stereocenters. The van der Waals surface area contributed by atoms with Gasteiger partial charge in [0.2, 0.25) is 0 Å². The van der Waals surface area contributed by atoms with E-state index < -0.39 is 12.1 Å². The van der Waals surface area contributed by atoms with E-state index >= 15 is 0 Å². The maximum Gasteiger partial charge on any atom is 0.154 e. The Labute approximate surface area is 67.8 Å². The first-order chi connectivity index (χ1) is 5.00. The smallest absolute Gasteiger partial charge is 0.154 e. The van der Waals surface area contributed by atoms with Crippen LogP contribution in [0.15, 0.2) is 0 Å². The number of hydrogen-bond donors (Lipinski definition) is 2. The summed E-state index contributed by atoms with van der Waals surface area (Å²) >= 11 is 0. The molecule has 0 bridgehead atoms. The van der Waals surface area contributed by atoms with E-state index in [4.69, 9.17) is 5.11 Å².